The van der Waals surface area contributed by atoms with Crippen LogP contribution in [0.25, 0.3) is 11.0 Å². The largest absolute Gasteiger partial charge is 0.492 e. The summed E-state index contributed by atoms with van der Waals surface area (Å²) in [4.78, 5) is 28.5. The Morgan fingerprint density at radius 2 is 1.96 bits per heavy atom. The molecule has 1 fully saturated rings. The van der Waals surface area contributed by atoms with E-state index in [9.17, 15) is 4.79 Å². The van der Waals surface area contributed by atoms with Crippen molar-refractivity contribution in [1.82, 2.24) is 14.9 Å². The van der Waals surface area contributed by atoms with Gasteiger partial charge >= 0.3 is 0 Å². The van der Waals surface area contributed by atoms with E-state index in [0.717, 1.165) is 11.3 Å². The third-order valence-corrected chi connectivity index (χ3v) is 5.56. The molecule has 1 aliphatic heterocycles. The number of rotatable bonds is 4. The highest BCUT2D eigenvalue weighted by molar-refractivity contribution is 8.14. The monoisotopic (exact) mass is 392 g/mol. The Hall–Kier alpha value is -2.93. The third-order valence-electron chi connectivity index (χ3n) is 4.37. The number of hydrogen-bond acceptors (Lipinski definition) is 6. The van der Waals surface area contributed by atoms with E-state index in [-0.39, 0.29) is 11.9 Å². The molecular weight excluding hydrogens is 372 g/mol. The van der Waals surface area contributed by atoms with E-state index in [1.807, 2.05) is 62.4 Å². The van der Waals surface area contributed by atoms with E-state index in [1.54, 1.807) is 16.7 Å². The van der Waals surface area contributed by atoms with E-state index in [0.29, 0.717) is 34.4 Å². The number of aliphatic imine (C=N–C) groups is 1. The Morgan fingerprint density at radius 3 is 2.79 bits per heavy atom. The standard InChI is InChI=1S/C21H20N4O2S/c1-3-27-19-11-7-6-10-17(19)24-21-25(14(2)13-28-21)20(26)18-12-22-15-8-4-5-9-16(15)23-18/h4-12,14H,3,13H2,1-2H3. The van der Waals surface area contributed by atoms with Crippen LogP contribution in [-0.2, 0) is 0 Å². The van der Waals surface area contributed by atoms with Gasteiger partial charge in [-0.15, -0.1) is 0 Å². The number of carbonyl (C=O) groups excluding carboxylic acids is 1. The molecule has 0 spiro atoms. The van der Waals surface area contributed by atoms with E-state index < -0.39 is 0 Å². The second kappa shape index (κ2) is 7.98. The van der Waals surface area contributed by atoms with Crippen LogP contribution in [0.1, 0.15) is 24.3 Å². The van der Waals surface area contributed by atoms with Crippen molar-refractivity contribution in [2.45, 2.75) is 19.9 Å². The van der Waals surface area contributed by atoms with Gasteiger partial charge in [-0.2, -0.15) is 0 Å². The van der Waals surface area contributed by atoms with Gasteiger partial charge in [-0.3, -0.25) is 14.7 Å². The number of para-hydroxylation sites is 4. The molecule has 1 saturated heterocycles. The number of carbonyl (C=O) groups is 1. The maximum absolute atomic E-state index is 13.2. The Bertz CT molecular complexity index is 1050. The molecule has 0 bridgehead atoms. The van der Waals surface area contributed by atoms with Crippen LogP contribution in [0.3, 0.4) is 0 Å². The number of ether oxygens (including phenoxy) is 1. The van der Waals surface area contributed by atoms with E-state index in [4.69, 9.17) is 9.73 Å². The van der Waals surface area contributed by atoms with Crippen LogP contribution in [0.4, 0.5) is 5.69 Å². The fourth-order valence-electron chi connectivity index (χ4n) is 3.01. The predicted molar refractivity (Wildman–Crippen MR) is 112 cm³/mol. The molecular formula is C21H20N4O2S. The molecule has 2 heterocycles. The smallest absolute Gasteiger partial charge is 0.280 e. The Balaban J connectivity index is 1.69. The molecule has 2 aromatic carbocycles. The highest BCUT2D eigenvalue weighted by Crippen LogP contribution is 2.32. The third kappa shape index (κ3) is 3.57. The minimum absolute atomic E-state index is 0.0174. The van der Waals surface area contributed by atoms with Gasteiger partial charge in [0.05, 0.1) is 23.8 Å². The van der Waals surface area contributed by atoms with Crippen molar-refractivity contribution in [2.24, 2.45) is 4.99 Å². The first-order valence-corrected chi connectivity index (χ1v) is 10.1. The maximum atomic E-state index is 13.2. The van der Waals surface area contributed by atoms with Gasteiger partial charge in [0.25, 0.3) is 5.91 Å². The molecule has 4 rings (SSSR count). The van der Waals surface area contributed by atoms with Gasteiger partial charge in [-0.1, -0.05) is 36.0 Å². The summed E-state index contributed by atoms with van der Waals surface area (Å²) in [5.74, 6) is 1.29. The minimum atomic E-state index is -0.191. The molecule has 0 saturated carbocycles. The summed E-state index contributed by atoms with van der Waals surface area (Å²) in [6.45, 7) is 4.50. The second-order valence-electron chi connectivity index (χ2n) is 6.37. The van der Waals surface area contributed by atoms with Gasteiger partial charge < -0.3 is 4.74 Å². The number of fused-ring (bicyclic) bond motifs is 1. The first kappa shape index (κ1) is 18.4. The zero-order valence-corrected chi connectivity index (χ0v) is 16.5. The van der Waals surface area contributed by atoms with Crippen LogP contribution in [0, 0.1) is 0 Å². The molecule has 1 unspecified atom stereocenters. The highest BCUT2D eigenvalue weighted by atomic mass is 32.2. The molecule has 1 aliphatic rings. The fraction of sp³-hybridized carbons (Fsp3) is 0.238. The van der Waals surface area contributed by atoms with Crippen molar-refractivity contribution in [3.05, 3.63) is 60.4 Å². The van der Waals surface area contributed by atoms with Gasteiger partial charge in [0.2, 0.25) is 0 Å². The topological polar surface area (TPSA) is 67.7 Å². The Labute approximate surface area is 167 Å². The van der Waals surface area contributed by atoms with Crippen molar-refractivity contribution in [3.8, 4) is 5.75 Å². The van der Waals surface area contributed by atoms with E-state index >= 15 is 0 Å². The Morgan fingerprint density at radius 1 is 1.21 bits per heavy atom. The van der Waals surface area contributed by atoms with Crippen LogP contribution in [0.15, 0.2) is 59.7 Å². The van der Waals surface area contributed by atoms with Crippen LogP contribution < -0.4 is 4.74 Å². The minimum Gasteiger partial charge on any atom is -0.492 e. The quantitative estimate of drug-likeness (QED) is 0.662. The number of benzene rings is 2. The van der Waals surface area contributed by atoms with Crippen molar-refractivity contribution >= 4 is 39.6 Å². The molecule has 1 aromatic heterocycles. The molecule has 1 atom stereocenters. The number of nitrogens with zero attached hydrogens (tertiary/aromatic N) is 4. The number of aromatic nitrogens is 2. The normalized spacial score (nSPS) is 18.0. The average molecular weight is 392 g/mol. The van der Waals surface area contributed by atoms with Gasteiger partial charge in [0.15, 0.2) is 5.17 Å². The average Bonchev–Trinajstić information content (AvgIpc) is 3.08. The lowest BCUT2D eigenvalue weighted by atomic mass is 10.2. The van der Waals surface area contributed by atoms with Crippen molar-refractivity contribution in [2.75, 3.05) is 12.4 Å². The summed E-state index contributed by atoms with van der Waals surface area (Å²) in [7, 11) is 0. The molecule has 1 amide bonds. The lowest BCUT2D eigenvalue weighted by molar-refractivity contribution is 0.0823. The van der Waals surface area contributed by atoms with Crippen molar-refractivity contribution < 1.29 is 9.53 Å². The summed E-state index contributed by atoms with van der Waals surface area (Å²) in [5.41, 5.74) is 2.50. The zero-order valence-electron chi connectivity index (χ0n) is 15.7. The highest BCUT2D eigenvalue weighted by Gasteiger charge is 2.34. The fourth-order valence-corrected chi connectivity index (χ4v) is 4.12. The van der Waals surface area contributed by atoms with E-state index in [1.165, 1.54) is 6.20 Å². The molecule has 0 aliphatic carbocycles. The van der Waals surface area contributed by atoms with Crippen LogP contribution in [0.2, 0.25) is 0 Å². The first-order valence-electron chi connectivity index (χ1n) is 9.16. The van der Waals surface area contributed by atoms with E-state index in [2.05, 4.69) is 9.97 Å². The number of amides is 1. The van der Waals surface area contributed by atoms with Gasteiger partial charge in [-0.05, 0) is 38.1 Å². The van der Waals surface area contributed by atoms with Gasteiger partial charge in [-0.25, -0.2) is 9.98 Å². The first-order chi connectivity index (χ1) is 13.7. The zero-order chi connectivity index (χ0) is 19.5. The van der Waals surface area contributed by atoms with Crippen LogP contribution in [-0.4, -0.2) is 44.3 Å². The SMILES string of the molecule is CCOc1ccccc1N=C1SCC(C)N1C(=O)c1cnc2ccccc2n1. The molecule has 0 N–H and O–H groups in total. The lowest BCUT2D eigenvalue weighted by Gasteiger charge is -2.20. The van der Waals surface area contributed by atoms with Gasteiger partial charge in [0.1, 0.15) is 17.1 Å². The van der Waals surface area contributed by atoms with Gasteiger partial charge in [0, 0.05) is 11.8 Å². The molecule has 3 aromatic rings. The second-order valence-corrected chi connectivity index (χ2v) is 7.36. The van der Waals surface area contributed by atoms with Crippen LogP contribution >= 0.6 is 11.8 Å². The summed E-state index contributed by atoms with van der Waals surface area (Å²) in [6.07, 6.45) is 1.53. The summed E-state index contributed by atoms with van der Waals surface area (Å²) in [5, 5.41) is 0.652. The molecule has 7 heteroatoms. The van der Waals surface area contributed by atoms with Crippen molar-refractivity contribution in [1.29, 1.82) is 0 Å². The Kier molecular flexibility index (Phi) is 5.25. The summed E-state index contributed by atoms with van der Waals surface area (Å²) in [6, 6.07) is 15.1. The molecule has 142 valence electrons. The molecule has 28 heavy (non-hydrogen) atoms. The molecule has 6 nitrogen and oxygen atoms in total. The molecule has 0 radical (unpaired) electrons. The van der Waals surface area contributed by atoms with Crippen molar-refractivity contribution in [3.63, 3.8) is 0 Å². The van der Waals surface area contributed by atoms with Crippen LogP contribution in [0.5, 0.6) is 5.75 Å². The predicted octanol–water partition coefficient (Wildman–Crippen LogP) is 4.29. The number of thioether (sulfide) groups is 1. The lowest BCUT2D eigenvalue weighted by Crippen LogP contribution is -2.38. The number of hydrogen-bond donors (Lipinski definition) is 0. The summed E-state index contributed by atoms with van der Waals surface area (Å²) >= 11 is 1.56. The number of amidine groups is 1. The summed E-state index contributed by atoms with van der Waals surface area (Å²) < 4.78 is 5.66. The maximum Gasteiger partial charge on any atom is 0.280 e.